The molecule has 0 atom stereocenters. The first-order valence-electron chi connectivity index (χ1n) is 6.22. The summed E-state index contributed by atoms with van der Waals surface area (Å²) in [6.07, 6.45) is 4.14. The first-order chi connectivity index (χ1) is 7.75. The predicted octanol–water partition coefficient (Wildman–Crippen LogP) is 5.05. The minimum absolute atomic E-state index is 0.766. The number of benzene rings is 1. The molecule has 0 spiro atoms. The van der Waals surface area contributed by atoms with Crippen molar-refractivity contribution < 1.29 is 4.42 Å². The van der Waals surface area contributed by atoms with Gasteiger partial charge in [-0.1, -0.05) is 39.8 Å². The Morgan fingerprint density at radius 3 is 2.56 bits per heavy atom. The van der Waals surface area contributed by atoms with E-state index in [-0.39, 0.29) is 0 Å². The van der Waals surface area contributed by atoms with Crippen LogP contribution in [-0.2, 0) is 6.42 Å². The quantitative estimate of drug-likeness (QED) is 0.702. The summed E-state index contributed by atoms with van der Waals surface area (Å²) >= 11 is 0. The van der Waals surface area contributed by atoms with Gasteiger partial charge in [0, 0.05) is 5.39 Å². The Kier molecular flexibility index (Phi) is 5.10. The highest BCUT2D eigenvalue weighted by molar-refractivity contribution is 5.77. The minimum atomic E-state index is 0.766. The zero-order valence-electron chi connectivity index (χ0n) is 10.8. The Bertz CT molecular complexity index is 412. The highest BCUT2D eigenvalue weighted by Gasteiger charge is 2.00. The van der Waals surface area contributed by atoms with Crippen molar-refractivity contribution in [2.24, 2.45) is 5.92 Å². The molecule has 0 unspecified atom stereocenters. The largest absolute Gasteiger partial charge is 0.464 e. The molecule has 2 rings (SSSR count). The van der Waals surface area contributed by atoms with E-state index in [1.807, 2.05) is 19.9 Å². The van der Waals surface area contributed by atoms with E-state index in [2.05, 4.69) is 32.0 Å². The van der Waals surface area contributed by atoms with Crippen molar-refractivity contribution >= 4 is 11.0 Å². The second kappa shape index (κ2) is 6.37. The monoisotopic (exact) mass is 218 g/mol. The molecule has 0 bridgehead atoms. The van der Waals surface area contributed by atoms with Gasteiger partial charge in [0.15, 0.2) is 0 Å². The van der Waals surface area contributed by atoms with Gasteiger partial charge in [-0.3, -0.25) is 0 Å². The van der Waals surface area contributed by atoms with Crippen molar-refractivity contribution in [1.29, 1.82) is 0 Å². The number of rotatable bonds is 3. The molecular formula is C15H22O. The van der Waals surface area contributed by atoms with Crippen LogP contribution in [0.3, 0.4) is 0 Å². The SMILES string of the molecule is CC.CC(C)CCc1ccc2ccoc2c1. The third kappa shape index (κ3) is 3.41. The van der Waals surface area contributed by atoms with Gasteiger partial charge in [0.2, 0.25) is 0 Å². The first kappa shape index (κ1) is 12.8. The average molecular weight is 218 g/mol. The fraction of sp³-hybridized carbons (Fsp3) is 0.467. The first-order valence-corrected chi connectivity index (χ1v) is 6.22. The summed E-state index contributed by atoms with van der Waals surface area (Å²) in [5.74, 6) is 0.766. The fourth-order valence-corrected chi connectivity index (χ4v) is 1.61. The molecule has 2 aromatic rings. The summed E-state index contributed by atoms with van der Waals surface area (Å²) in [5, 5.41) is 1.19. The van der Waals surface area contributed by atoms with E-state index in [9.17, 15) is 0 Å². The van der Waals surface area contributed by atoms with Gasteiger partial charge in [0.05, 0.1) is 6.26 Å². The van der Waals surface area contributed by atoms with Gasteiger partial charge in [-0.05, 0) is 36.5 Å². The predicted molar refractivity (Wildman–Crippen MR) is 70.7 cm³/mol. The third-order valence-electron chi connectivity index (χ3n) is 2.53. The maximum atomic E-state index is 5.37. The Hall–Kier alpha value is -1.24. The molecule has 0 radical (unpaired) electrons. The second-order valence-corrected chi connectivity index (χ2v) is 4.23. The van der Waals surface area contributed by atoms with Crippen LogP contribution >= 0.6 is 0 Å². The number of aryl methyl sites for hydroxylation is 1. The Labute approximate surface area is 98.5 Å². The van der Waals surface area contributed by atoms with Crippen molar-refractivity contribution in [2.75, 3.05) is 0 Å². The van der Waals surface area contributed by atoms with Crippen LogP contribution in [0.1, 0.15) is 39.7 Å². The molecule has 0 saturated carbocycles. The molecule has 0 aliphatic carbocycles. The molecule has 1 nitrogen and oxygen atoms in total. The molecule has 1 aromatic heterocycles. The maximum Gasteiger partial charge on any atom is 0.134 e. The molecule has 0 saturated heterocycles. The zero-order valence-corrected chi connectivity index (χ0v) is 10.8. The van der Waals surface area contributed by atoms with E-state index in [1.54, 1.807) is 6.26 Å². The number of hydrogen-bond donors (Lipinski definition) is 0. The van der Waals surface area contributed by atoms with Crippen LogP contribution in [0, 0.1) is 5.92 Å². The van der Waals surface area contributed by atoms with Gasteiger partial charge < -0.3 is 4.42 Å². The highest BCUT2D eigenvalue weighted by Crippen LogP contribution is 2.18. The number of fused-ring (bicyclic) bond motifs is 1. The summed E-state index contributed by atoms with van der Waals surface area (Å²) in [6.45, 7) is 8.51. The lowest BCUT2D eigenvalue weighted by Gasteiger charge is -2.04. The molecule has 0 aliphatic heterocycles. The van der Waals surface area contributed by atoms with Crippen LogP contribution < -0.4 is 0 Å². The van der Waals surface area contributed by atoms with Gasteiger partial charge in [-0.25, -0.2) is 0 Å². The van der Waals surface area contributed by atoms with Gasteiger partial charge >= 0.3 is 0 Å². The van der Waals surface area contributed by atoms with E-state index in [0.29, 0.717) is 0 Å². The molecule has 16 heavy (non-hydrogen) atoms. The van der Waals surface area contributed by atoms with Crippen LogP contribution in [-0.4, -0.2) is 0 Å². The molecule has 1 aromatic carbocycles. The minimum Gasteiger partial charge on any atom is -0.464 e. The van der Waals surface area contributed by atoms with E-state index in [0.717, 1.165) is 17.9 Å². The summed E-state index contributed by atoms with van der Waals surface area (Å²) in [7, 11) is 0. The average Bonchev–Trinajstić information content (AvgIpc) is 2.76. The smallest absolute Gasteiger partial charge is 0.134 e. The molecule has 1 heteroatoms. The lowest BCUT2D eigenvalue weighted by atomic mass is 10.0. The van der Waals surface area contributed by atoms with E-state index >= 15 is 0 Å². The van der Waals surface area contributed by atoms with Crippen molar-refractivity contribution in [3.05, 3.63) is 36.1 Å². The van der Waals surface area contributed by atoms with Crippen molar-refractivity contribution in [3.8, 4) is 0 Å². The van der Waals surface area contributed by atoms with Gasteiger partial charge in [-0.15, -0.1) is 0 Å². The van der Waals surface area contributed by atoms with E-state index < -0.39 is 0 Å². The van der Waals surface area contributed by atoms with Gasteiger partial charge in [0.1, 0.15) is 5.58 Å². The molecular weight excluding hydrogens is 196 g/mol. The van der Waals surface area contributed by atoms with E-state index in [1.165, 1.54) is 17.4 Å². The zero-order chi connectivity index (χ0) is 12.0. The van der Waals surface area contributed by atoms with Crippen LogP contribution in [0.25, 0.3) is 11.0 Å². The van der Waals surface area contributed by atoms with Crippen LogP contribution in [0.2, 0.25) is 0 Å². The Balaban J connectivity index is 0.000000606. The lowest BCUT2D eigenvalue weighted by Crippen LogP contribution is -1.91. The van der Waals surface area contributed by atoms with Crippen LogP contribution in [0.15, 0.2) is 34.9 Å². The lowest BCUT2D eigenvalue weighted by molar-refractivity contribution is 0.585. The maximum absolute atomic E-state index is 5.37. The Morgan fingerprint density at radius 2 is 1.88 bits per heavy atom. The fourth-order valence-electron chi connectivity index (χ4n) is 1.61. The number of hydrogen-bond acceptors (Lipinski definition) is 1. The molecule has 0 amide bonds. The topological polar surface area (TPSA) is 13.1 Å². The summed E-state index contributed by atoms with van der Waals surface area (Å²) in [4.78, 5) is 0. The second-order valence-electron chi connectivity index (χ2n) is 4.23. The standard InChI is InChI=1S/C13H16O.C2H6/c1-10(2)3-4-11-5-6-12-7-8-14-13(12)9-11;1-2/h5-10H,3-4H2,1-2H3;1-2H3. The van der Waals surface area contributed by atoms with E-state index in [4.69, 9.17) is 4.42 Å². The molecule has 88 valence electrons. The van der Waals surface area contributed by atoms with Crippen LogP contribution in [0.5, 0.6) is 0 Å². The molecule has 0 aliphatic rings. The molecule has 0 N–H and O–H groups in total. The molecule has 0 fully saturated rings. The van der Waals surface area contributed by atoms with Gasteiger partial charge in [0.25, 0.3) is 0 Å². The van der Waals surface area contributed by atoms with Gasteiger partial charge in [-0.2, -0.15) is 0 Å². The Morgan fingerprint density at radius 1 is 1.12 bits per heavy atom. The summed E-state index contributed by atoms with van der Waals surface area (Å²) in [5.41, 5.74) is 2.38. The number of furan rings is 1. The van der Waals surface area contributed by atoms with Crippen molar-refractivity contribution in [2.45, 2.75) is 40.5 Å². The summed E-state index contributed by atoms with van der Waals surface area (Å²) in [6, 6.07) is 8.48. The molecule has 1 heterocycles. The van der Waals surface area contributed by atoms with Crippen molar-refractivity contribution in [1.82, 2.24) is 0 Å². The highest BCUT2D eigenvalue weighted by atomic mass is 16.3. The summed E-state index contributed by atoms with van der Waals surface area (Å²) < 4.78 is 5.37. The van der Waals surface area contributed by atoms with Crippen molar-refractivity contribution in [3.63, 3.8) is 0 Å². The third-order valence-corrected chi connectivity index (χ3v) is 2.53. The normalized spacial score (nSPS) is 10.3. The van der Waals surface area contributed by atoms with Crippen LogP contribution in [0.4, 0.5) is 0 Å².